The second-order valence-electron chi connectivity index (χ2n) is 9.08. The third-order valence-electron chi connectivity index (χ3n) is 6.13. The fraction of sp³-hybridized carbons (Fsp3) is 0.333. The van der Waals surface area contributed by atoms with Crippen molar-refractivity contribution in [3.63, 3.8) is 0 Å². The van der Waals surface area contributed by atoms with Crippen LogP contribution in [0.3, 0.4) is 0 Å². The normalized spacial score (nSPS) is 12.5. The van der Waals surface area contributed by atoms with E-state index in [4.69, 9.17) is 11.6 Å². The van der Waals surface area contributed by atoms with Crippen molar-refractivity contribution >= 4 is 51.1 Å². The van der Waals surface area contributed by atoms with Crippen LogP contribution in [-0.2, 0) is 22.6 Å². The van der Waals surface area contributed by atoms with Gasteiger partial charge in [0.25, 0.3) is 0 Å². The van der Waals surface area contributed by atoms with E-state index in [0.717, 1.165) is 32.7 Å². The summed E-state index contributed by atoms with van der Waals surface area (Å²) in [4.78, 5) is 30.1. The summed E-state index contributed by atoms with van der Waals surface area (Å²) < 4.78 is 0.945. The van der Waals surface area contributed by atoms with E-state index >= 15 is 0 Å². The summed E-state index contributed by atoms with van der Waals surface area (Å²) in [5.74, 6) is 0.676. The van der Waals surface area contributed by atoms with Gasteiger partial charge in [-0.1, -0.05) is 76.9 Å². The summed E-state index contributed by atoms with van der Waals surface area (Å²) in [7, 11) is 0. The Labute approximate surface area is 238 Å². The highest BCUT2D eigenvalue weighted by Gasteiger charge is 2.30. The van der Waals surface area contributed by atoms with Gasteiger partial charge in [0, 0.05) is 39.8 Å². The molecule has 3 rings (SSSR count). The van der Waals surface area contributed by atoms with Gasteiger partial charge in [-0.05, 0) is 73.0 Å². The Balaban J connectivity index is 1.79. The summed E-state index contributed by atoms with van der Waals surface area (Å²) >= 11 is 11.2. The maximum Gasteiger partial charge on any atom is 0.243 e. The molecule has 2 atom stereocenters. The summed E-state index contributed by atoms with van der Waals surface area (Å²) in [5.41, 5.74) is 2.00. The van der Waals surface area contributed by atoms with Crippen LogP contribution in [-0.4, -0.2) is 34.6 Å². The number of thioether (sulfide) groups is 1. The predicted molar refractivity (Wildman–Crippen MR) is 158 cm³/mol. The Morgan fingerprint density at radius 1 is 1.00 bits per heavy atom. The van der Waals surface area contributed by atoms with Gasteiger partial charge >= 0.3 is 0 Å². The van der Waals surface area contributed by atoms with E-state index in [0.29, 0.717) is 30.8 Å². The maximum absolute atomic E-state index is 13.7. The van der Waals surface area contributed by atoms with Crippen molar-refractivity contribution in [3.8, 4) is 0 Å². The number of benzene rings is 3. The Morgan fingerprint density at radius 3 is 2.38 bits per heavy atom. The third-order valence-corrected chi connectivity index (χ3v) is 7.97. The van der Waals surface area contributed by atoms with Crippen molar-refractivity contribution in [1.29, 1.82) is 0 Å². The monoisotopic (exact) mass is 600 g/mol. The number of nitrogens with one attached hydrogen (secondary N) is 1. The van der Waals surface area contributed by atoms with Crippen LogP contribution in [0, 0.1) is 0 Å². The van der Waals surface area contributed by atoms with Crippen molar-refractivity contribution < 1.29 is 9.59 Å². The minimum absolute atomic E-state index is 0.0167. The minimum Gasteiger partial charge on any atom is -0.352 e. The molecule has 7 heteroatoms. The number of halogens is 2. The lowest BCUT2D eigenvalue weighted by atomic mass is 10.0. The molecule has 1 N–H and O–H groups in total. The van der Waals surface area contributed by atoms with Gasteiger partial charge in [0.15, 0.2) is 0 Å². The molecule has 37 heavy (non-hydrogen) atoms. The number of carbonyl (C=O) groups excluding carboxylic acids is 2. The molecule has 0 fully saturated rings. The first-order chi connectivity index (χ1) is 17.9. The van der Waals surface area contributed by atoms with Crippen LogP contribution >= 0.6 is 39.3 Å². The van der Waals surface area contributed by atoms with Crippen molar-refractivity contribution in [2.45, 2.75) is 63.1 Å². The summed E-state index contributed by atoms with van der Waals surface area (Å²) in [6.45, 7) is 4.40. The molecular formula is C30H34BrClN2O2S. The number of nitrogens with zero attached hydrogens (tertiary/aromatic N) is 1. The molecule has 0 unspecified atom stereocenters. The van der Waals surface area contributed by atoms with Crippen LogP contribution in [0.2, 0.25) is 5.02 Å². The topological polar surface area (TPSA) is 49.4 Å². The second kappa shape index (κ2) is 15.2. The van der Waals surface area contributed by atoms with Gasteiger partial charge in [-0.2, -0.15) is 0 Å². The van der Waals surface area contributed by atoms with Gasteiger partial charge in [-0.15, -0.1) is 11.8 Å². The SMILES string of the molecule is CC[C@@H](C)NC(=O)[C@H](Cc1ccccc1)N(Cc1cccc(Br)c1)C(=O)CCCSc1ccc(Cl)cc1. The largest absolute Gasteiger partial charge is 0.352 e. The van der Waals surface area contributed by atoms with Gasteiger partial charge in [0.1, 0.15) is 6.04 Å². The van der Waals surface area contributed by atoms with E-state index in [1.807, 2.05) is 92.7 Å². The third kappa shape index (κ3) is 9.84. The first-order valence-corrected chi connectivity index (χ1v) is 14.8. The van der Waals surface area contributed by atoms with Crippen LogP contribution in [0.1, 0.15) is 44.2 Å². The zero-order valence-corrected chi connectivity index (χ0v) is 24.5. The van der Waals surface area contributed by atoms with Crippen molar-refractivity contribution in [2.75, 3.05) is 5.75 Å². The van der Waals surface area contributed by atoms with Gasteiger partial charge in [-0.3, -0.25) is 9.59 Å². The van der Waals surface area contributed by atoms with E-state index in [1.165, 1.54) is 0 Å². The molecule has 0 spiro atoms. The lowest BCUT2D eigenvalue weighted by Crippen LogP contribution is -2.52. The van der Waals surface area contributed by atoms with E-state index in [-0.39, 0.29) is 17.9 Å². The van der Waals surface area contributed by atoms with Crippen LogP contribution in [0.15, 0.2) is 88.2 Å². The summed E-state index contributed by atoms with van der Waals surface area (Å²) in [5, 5.41) is 3.83. The molecule has 3 aromatic carbocycles. The highest BCUT2D eigenvalue weighted by molar-refractivity contribution is 9.10. The average Bonchev–Trinajstić information content (AvgIpc) is 2.90. The highest BCUT2D eigenvalue weighted by atomic mass is 79.9. The minimum atomic E-state index is -0.605. The highest BCUT2D eigenvalue weighted by Crippen LogP contribution is 2.23. The van der Waals surface area contributed by atoms with Gasteiger partial charge < -0.3 is 10.2 Å². The molecule has 0 aromatic heterocycles. The summed E-state index contributed by atoms with van der Waals surface area (Å²) in [6, 6.07) is 25.0. The van der Waals surface area contributed by atoms with Crippen molar-refractivity contribution in [2.24, 2.45) is 0 Å². The van der Waals surface area contributed by atoms with Gasteiger partial charge in [-0.25, -0.2) is 0 Å². The van der Waals surface area contributed by atoms with Crippen molar-refractivity contribution in [3.05, 3.63) is 99.5 Å². The van der Waals surface area contributed by atoms with Crippen LogP contribution < -0.4 is 5.32 Å². The lowest BCUT2D eigenvalue weighted by molar-refractivity contribution is -0.141. The fourth-order valence-corrected chi connectivity index (χ4v) is 5.34. The molecule has 0 bridgehead atoms. The molecule has 0 aliphatic heterocycles. The second-order valence-corrected chi connectivity index (χ2v) is 11.6. The molecule has 0 saturated heterocycles. The molecular weight excluding hydrogens is 568 g/mol. The van der Waals surface area contributed by atoms with Crippen LogP contribution in [0.25, 0.3) is 0 Å². The Kier molecular flexibility index (Phi) is 12.0. The van der Waals surface area contributed by atoms with E-state index in [2.05, 4.69) is 21.2 Å². The predicted octanol–water partition coefficient (Wildman–Crippen LogP) is 7.53. The molecule has 2 amide bonds. The number of hydrogen-bond donors (Lipinski definition) is 1. The quantitative estimate of drug-likeness (QED) is 0.163. The van der Waals surface area contributed by atoms with Crippen molar-refractivity contribution in [1.82, 2.24) is 10.2 Å². The lowest BCUT2D eigenvalue weighted by Gasteiger charge is -2.32. The molecule has 196 valence electrons. The maximum atomic E-state index is 13.7. The number of rotatable bonds is 13. The zero-order valence-electron chi connectivity index (χ0n) is 21.3. The Morgan fingerprint density at radius 2 is 1.70 bits per heavy atom. The number of amides is 2. The van der Waals surface area contributed by atoms with Gasteiger partial charge in [0.2, 0.25) is 11.8 Å². The summed E-state index contributed by atoms with van der Waals surface area (Å²) in [6.07, 6.45) is 2.37. The molecule has 4 nitrogen and oxygen atoms in total. The number of carbonyl (C=O) groups is 2. The molecule has 0 radical (unpaired) electrons. The molecule has 0 aliphatic carbocycles. The zero-order chi connectivity index (χ0) is 26.6. The van der Waals surface area contributed by atoms with Gasteiger partial charge in [0.05, 0.1) is 0 Å². The standard InChI is InChI=1S/C30H34BrClN2O2S/c1-3-22(2)33-30(36)28(20-23-9-5-4-6-10-23)34(21-24-11-7-12-25(31)19-24)29(35)13-8-18-37-27-16-14-26(32)15-17-27/h4-7,9-12,14-17,19,22,28H,3,8,13,18,20-21H2,1-2H3,(H,33,36)/t22-,28+/m1/s1. The van der Waals surface area contributed by atoms with E-state index in [9.17, 15) is 9.59 Å². The van der Waals surface area contributed by atoms with Crippen LogP contribution in [0.4, 0.5) is 0 Å². The molecule has 0 saturated carbocycles. The fourth-order valence-electron chi connectivity index (χ4n) is 3.91. The first-order valence-electron chi connectivity index (χ1n) is 12.6. The first kappa shape index (κ1) is 29.3. The Hall–Kier alpha value is -2.28. The van der Waals surface area contributed by atoms with Crippen LogP contribution in [0.5, 0.6) is 0 Å². The molecule has 3 aromatic rings. The van der Waals surface area contributed by atoms with E-state index < -0.39 is 6.04 Å². The smallest absolute Gasteiger partial charge is 0.243 e. The Bertz CT molecular complexity index is 1140. The molecule has 0 heterocycles. The molecule has 0 aliphatic rings. The number of hydrogen-bond acceptors (Lipinski definition) is 3. The average molecular weight is 602 g/mol. The van der Waals surface area contributed by atoms with E-state index in [1.54, 1.807) is 16.7 Å².